The lowest BCUT2D eigenvalue weighted by atomic mass is 9.91. The predicted octanol–water partition coefficient (Wildman–Crippen LogP) is 5.18. The van der Waals surface area contributed by atoms with Gasteiger partial charge in [0, 0.05) is 53.4 Å². The molecule has 1 heterocycles. The van der Waals surface area contributed by atoms with Gasteiger partial charge in [-0.25, -0.2) is 5.48 Å². The van der Waals surface area contributed by atoms with Gasteiger partial charge in [-0.05, 0) is 55.1 Å². The minimum Gasteiger partial charge on any atom is -0.501 e. The van der Waals surface area contributed by atoms with Crippen LogP contribution in [-0.2, 0) is 9.53 Å². The highest BCUT2D eigenvalue weighted by atomic mass is 16.5. The first-order valence-corrected chi connectivity index (χ1v) is 12.5. The quantitative estimate of drug-likeness (QED) is 0.0618. The Morgan fingerprint density at radius 2 is 1.74 bits per heavy atom. The number of nitrogens with two attached hydrogens (primary N) is 2. The van der Waals surface area contributed by atoms with Crippen LogP contribution in [0, 0.1) is 11.8 Å². The molecule has 0 bridgehead atoms. The molecule has 2 unspecified atom stereocenters. The third kappa shape index (κ3) is 11.6. The smallest absolute Gasteiger partial charge is 0.252 e. The van der Waals surface area contributed by atoms with Gasteiger partial charge in [-0.15, -0.1) is 13.2 Å². The maximum absolute atomic E-state index is 12.0. The molecule has 210 valence electrons. The SMILES string of the molecule is C=C.C=C(C/C=C/NC)OC.CC.CC(N)C(C(=O)NO)c1c[nH]c2cc(C#Cc3ccc(N)cc3)ccc12. The average Bonchev–Trinajstić information content (AvgIpc) is 3.37. The maximum Gasteiger partial charge on any atom is 0.252 e. The van der Waals surface area contributed by atoms with Crippen molar-refractivity contribution in [1.82, 2.24) is 15.8 Å². The largest absolute Gasteiger partial charge is 0.501 e. The summed E-state index contributed by atoms with van der Waals surface area (Å²) in [5.74, 6) is 5.80. The van der Waals surface area contributed by atoms with Crippen molar-refractivity contribution in [2.45, 2.75) is 39.2 Å². The Morgan fingerprint density at radius 1 is 1.15 bits per heavy atom. The number of benzene rings is 2. The molecule has 0 saturated heterocycles. The monoisotopic (exact) mass is 533 g/mol. The van der Waals surface area contributed by atoms with Crippen LogP contribution in [0.4, 0.5) is 5.69 Å². The molecule has 8 heteroatoms. The van der Waals surface area contributed by atoms with Crippen LogP contribution in [0.5, 0.6) is 0 Å². The number of hydrogen-bond acceptors (Lipinski definition) is 6. The van der Waals surface area contributed by atoms with E-state index in [-0.39, 0.29) is 0 Å². The van der Waals surface area contributed by atoms with Crippen LogP contribution in [0.25, 0.3) is 10.9 Å². The molecule has 1 aromatic heterocycles. The van der Waals surface area contributed by atoms with Gasteiger partial charge in [-0.2, -0.15) is 0 Å². The molecule has 39 heavy (non-hydrogen) atoms. The third-order valence-electron chi connectivity index (χ3n) is 5.15. The summed E-state index contributed by atoms with van der Waals surface area (Å²) in [6.07, 6.45) is 6.32. The second-order valence-electron chi connectivity index (χ2n) is 7.83. The summed E-state index contributed by atoms with van der Waals surface area (Å²) in [7, 11) is 3.47. The molecular weight excluding hydrogens is 490 g/mol. The molecule has 0 radical (unpaired) electrons. The van der Waals surface area contributed by atoms with Gasteiger partial charge < -0.3 is 26.5 Å². The van der Waals surface area contributed by atoms with Crippen molar-refractivity contribution in [3.8, 4) is 11.8 Å². The number of H-pyrrole nitrogens is 1. The molecule has 2 atom stereocenters. The van der Waals surface area contributed by atoms with Gasteiger partial charge in [0.15, 0.2) is 0 Å². The molecule has 1 amide bonds. The molecule has 0 aliphatic carbocycles. The van der Waals surface area contributed by atoms with Crippen LogP contribution >= 0.6 is 0 Å². The normalized spacial score (nSPS) is 11.1. The number of aromatic amines is 1. The molecule has 0 fully saturated rings. The second kappa shape index (κ2) is 19.6. The topological polar surface area (TPSA) is 138 Å². The van der Waals surface area contributed by atoms with Gasteiger partial charge in [0.05, 0.1) is 18.8 Å². The fourth-order valence-corrected chi connectivity index (χ4v) is 3.32. The fourth-order valence-electron chi connectivity index (χ4n) is 3.32. The molecule has 0 aliphatic rings. The van der Waals surface area contributed by atoms with E-state index in [1.165, 1.54) is 0 Å². The second-order valence-corrected chi connectivity index (χ2v) is 7.83. The molecule has 2 aromatic carbocycles. The predicted molar refractivity (Wildman–Crippen MR) is 163 cm³/mol. The molecule has 3 rings (SSSR count). The van der Waals surface area contributed by atoms with E-state index < -0.39 is 17.9 Å². The lowest BCUT2D eigenvalue weighted by molar-refractivity contribution is -0.131. The van der Waals surface area contributed by atoms with E-state index in [0.717, 1.165) is 39.8 Å². The van der Waals surface area contributed by atoms with E-state index >= 15 is 0 Å². The van der Waals surface area contributed by atoms with E-state index in [1.807, 2.05) is 75.6 Å². The Morgan fingerprint density at radius 3 is 2.28 bits per heavy atom. The van der Waals surface area contributed by atoms with E-state index in [2.05, 4.69) is 41.9 Å². The molecule has 3 aromatic rings. The van der Waals surface area contributed by atoms with Gasteiger partial charge in [0.1, 0.15) is 0 Å². The van der Waals surface area contributed by atoms with Gasteiger partial charge in [-0.3, -0.25) is 10.0 Å². The number of amides is 1. The van der Waals surface area contributed by atoms with Crippen LogP contribution in [0.3, 0.4) is 0 Å². The zero-order chi connectivity index (χ0) is 29.8. The lowest BCUT2D eigenvalue weighted by Gasteiger charge is -2.18. The number of fused-ring (bicyclic) bond motifs is 1. The number of methoxy groups -OCH3 is 1. The summed E-state index contributed by atoms with van der Waals surface area (Å²) < 4.78 is 4.82. The summed E-state index contributed by atoms with van der Waals surface area (Å²) in [5, 5.41) is 12.7. The third-order valence-corrected chi connectivity index (χ3v) is 5.15. The number of nitrogen functional groups attached to an aromatic ring is 1. The van der Waals surface area contributed by atoms with Crippen LogP contribution in [-0.4, -0.2) is 36.3 Å². The highest BCUT2D eigenvalue weighted by molar-refractivity contribution is 5.92. The minimum absolute atomic E-state index is 0.453. The summed E-state index contributed by atoms with van der Waals surface area (Å²) in [6, 6.07) is 12.6. The van der Waals surface area contributed by atoms with Crippen molar-refractivity contribution in [1.29, 1.82) is 0 Å². The first-order chi connectivity index (χ1) is 18.8. The molecule has 8 N–H and O–H groups in total. The lowest BCUT2D eigenvalue weighted by Crippen LogP contribution is -2.37. The van der Waals surface area contributed by atoms with Crippen molar-refractivity contribution >= 4 is 22.5 Å². The van der Waals surface area contributed by atoms with E-state index in [0.29, 0.717) is 5.69 Å². The number of allylic oxidation sites excluding steroid dienone is 1. The first kappa shape index (κ1) is 34.6. The number of aromatic nitrogens is 1. The number of ether oxygens (including phenoxy) is 1. The number of hydrogen-bond donors (Lipinski definition) is 6. The number of rotatable bonds is 7. The Kier molecular flexibility index (Phi) is 17.4. The summed E-state index contributed by atoms with van der Waals surface area (Å²) in [4.78, 5) is 15.1. The van der Waals surface area contributed by atoms with Crippen LogP contribution < -0.4 is 22.3 Å². The minimum atomic E-state index is -0.652. The molecule has 8 nitrogen and oxygen atoms in total. The van der Waals surface area contributed by atoms with Gasteiger partial charge in [0.25, 0.3) is 5.91 Å². The molecule has 0 spiro atoms. The van der Waals surface area contributed by atoms with Crippen molar-refractivity contribution < 1.29 is 14.7 Å². The molecule has 0 aliphatic heterocycles. The van der Waals surface area contributed by atoms with Crippen LogP contribution in [0.1, 0.15) is 49.8 Å². The van der Waals surface area contributed by atoms with Crippen molar-refractivity contribution in [3.63, 3.8) is 0 Å². The first-order valence-electron chi connectivity index (χ1n) is 12.5. The number of carbonyl (C=O) groups excluding carboxylic acids is 1. The fraction of sp³-hybridized carbons (Fsp3) is 0.258. The standard InChI is InChI=1S/C20H20N4O2.C7H13NO.C2H6.C2H4/c1-12(21)19(20(25)24-26)17-11-23-18-10-14(6-9-16(17)18)3-2-13-4-7-15(22)8-5-13;1-7(9-3)5-4-6-8-2;2*1-2/h4-12,19,23,26H,21-22H2,1H3,(H,24,25);4,6,8H,1,5H2,2-3H3;1-2H3;1-2H2/b;6-4+;;. The summed E-state index contributed by atoms with van der Waals surface area (Å²) >= 11 is 0. The van der Waals surface area contributed by atoms with Crippen LogP contribution in [0.15, 0.2) is 86.4 Å². The summed E-state index contributed by atoms with van der Waals surface area (Å²) in [6.45, 7) is 15.4. The number of anilines is 1. The molecule has 0 saturated carbocycles. The van der Waals surface area contributed by atoms with Crippen molar-refractivity contribution in [2.24, 2.45) is 5.73 Å². The average molecular weight is 534 g/mol. The Labute approximate surface area is 232 Å². The highest BCUT2D eigenvalue weighted by Gasteiger charge is 2.26. The van der Waals surface area contributed by atoms with Crippen molar-refractivity contribution in [3.05, 3.63) is 103 Å². The highest BCUT2D eigenvalue weighted by Crippen LogP contribution is 2.28. The Bertz CT molecular complexity index is 1230. The van der Waals surface area contributed by atoms with Gasteiger partial charge in [-0.1, -0.05) is 44.4 Å². The Hall–Kier alpha value is -4.45. The molecular formula is C31H43N5O3. The van der Waals surface area contributed by atoms with Gasteiger partial charge in [0.2, 0.25) is 0 Å². The number of carbonyl (C=O) groups is 1. The van der Waals surface area contributed by atoms with Crippen LogP contribution in [0.2, 0.25) is 0 Å². The Balaban J connectivity index is 0.000000940. The van der Waals surface area contributed by atoms with E-state index in [4.69, 9.17) is 21.4 Å². The number of nitrogens with one attached hydrogen (secondary N) is 3. The zero-order valence-corrected chi connectivity index (χ0v) is 23.7. The van der Waals surface area contributed by atoms with Crippen molar-refractivity contribution in [2.75, 3.05) is 19.9 Å². The zero-order valence-electron chi connectivity index (χ0n) is 23.7. The van der Waals surface area contributed by atoms with E-state index in [1.54, 1.807) is 25.7 Å². The maximum atomic E-state index is 12.0. The van der Waals surface area contributed by atoms with E-state index in [9.17, 15) is 4.79 Å². The summed E-state index contributed by atoms with van der Waals surface area (Å²) in [5.41, 5.74) is 17.3. The van der Waals surface area contributed by atoms with Gasteiger partial charge >= 0.3 is 0 Å². The number of hydroxylamine groups is 1.